The molecule has 1 aromatic carbocycles. The fourth-order valence-corrected chi connectivity index (χ4v) is 2.21. The quantitative estimate of drug-likeness (QED) is 0.750. The predicted molar refractivity (Wildman–Crippen MR) is 76.3 cm³/mol. The number of rotatable bonds is 8. The Hall–Kier alpha value is -1.30. The van der Waals surface area contributed by atoms with Gasteiger partial charge < -0.3 is 24.6 Å². The van der Waals surface area contributed by atoms with E-state index in [1.165, 1.54) is 0 Å². The number of benzene rings is 1. The van der Waals surface area contributed by atoms with E-state index in [0.29, 0.717) is 30.2 Å². The highest BCUT2D eigenvalue weighted by Crippen LogP contribution is 2.26. The average molecular weight is 281 g/mol. The molecule has 2 rings (SSSR count). The Kier molecular flexibility index (Phi) is 5.64. The molecule has 1 fully saturated rings. The van der Waals surface area contributed by atoms with Gasteiger partial charge in [0.15, 0.2) is 11.5 Å². The van der Waals surface area contributed by atoms with Gasteiger partial charge in [0.05, 0.1) is 13.2 Å². The van der Waals surface area contributed by atoms with Crippen molar-refractivity contribution in [1.29, 1.82) is 0 Å². The smallest absolute Gasteiger partial charge is 0.161 e. The molecule has 0 spiro atoms. The van der Waals surface area contributed by atoms with Crippen molar-refractivity contribution < 1.29 is 19.3 Å². The van der Waals surface area contributed by atoms with Crippen molar-refractivity contribution >= 4 is 0 Å². The highest BCUT2D eigenvalue weighted by atomic mass is 16.5. The summed E-state index contributed by atoms with van der Waals surface area (Å²) < 4.78 is 16.0. The predicted octanol–water partition coefficient (Wildman–Crippen LogP) is 1.20. The topological polar surface area (TPSA) is 60.0 Å². The van der Waals surface area contributed by atoms with Crippen LogP contribution in [0.3, 0.4) is 0 Å². The minimum Gasteiger partial charge on any atom is -0.493 e. The van der Waals surface area contributed by atoms with E-state index < -0.39 is 6.10 Å². The van der Waals surface area contributed by atoms with E-state index in [4.69, 9.17) is 14.2 Å². The monoisotopic (exact) mass is 281 g/mol. The van der Waals surface area contributed by atoms with Crippen LogP contribution in [-0.2, 0) is 4.74 Å². The van der Waals surface area contributed by atoms with Crippen molar-refractivity contribution in [2.75, 3.05) is 27.4 Å². The van der Waals surface area contributed by atoms with E-state index >= 15 is 0 Å². The average Bonchev–Trinajstić information content (AvgIpc) is 2.44. The minimum atomic E-state index is -0.540. The first kappa shape index (κ1) is 15.1. The lowest BCUT2D eigenvalue weighted by Gasteiger charge is -2.35. The van der Waals surface area contributed by atoms with Crippen molar-refractivity contribution in [2.24, 2.45) is 0 Å². The van der Waals surface area contributed by atoms with Gasteiger partial charge in [-0.2, -0.15) is 0 Å². The third kappa shape index (κ3) is 4.10. The van der Waals surface area contributed by atoms with Gasteiger partial charge in [-0.25, -0.2) is 0 Å². The van der Waals surface area contributed by atoms with E-state index in [-0.39, 0.29) is 6.61 Å². The molecule has 0 saturated heterocycles. The van der Waals surface area contributed by atoms with Crippen LogP contribution in [-0.4, -0.2) is 50.7 Å². The summed E-state index contributed by atoms with van der Waals surface area (Å²) in [6, 6.07) is 7.86. The maximum Gasteiger partial charge on any atom is 0.161 e. The Labute approximate surface area is 119 Å². The molecule has 2 N–H and O–H groups in total. The summed E-state index contributed by atoms with van der Waals surface area (Å²) in [7, 11) is 3.33. The first-order chi connectivity index (χ1) is 9.72. The molecule has 0 aromatic heterocycles. The summed E-state index contributed by atoms with van der Waals surface area (Å²) in [5, 5.41) is 13.2. The van der Waals surface area contributed by atoms with Crippen LogP contribution >= 0.6 is 0 Å². The van der Waals surface area contributed by atoms with Crippen LogP contribution in [0.5, 0.6) is 11.5 Å². The molecule has 112 valence electrons. The van der Waals surface area contributed by atoms with Gasteiger partial charge in [0, 0.05) is 19.7 Å². The molecule has 1 unspecified atom stereocenters. The molecule has 5 heteroatoms. The second kappa shape index (κ2) is 7.47. The van der Waals surface area contributed by atoms with E-state index in [1.54, 1.807) is 14.2 Å². The summed E-state index contributed by atoms with van der Waals surface area (Å²) in [4.78, 5) is 0. The zero-order chi connectivity index (χ0) is 14.4. The Balaban J connectivity index is 1.66. The molecule has 20 heavy (non-hydrogen) atoms. The number of ether oxygens (including phenoxy) is 3. The van der Waals surface area contributed by atoms with Crippen molar-refractivity contribution in [2.45, 2.75) is 31.1 Å². The second-order valence-corrected chi connectivity index (χ2v) is 5.05. The van der Waals surface area contributed by atoms with Crippen LogP contribution in [0.2, 0.25) is 0 Å². The van der Waals surface area contributed by atoms with Gasteiger partial charge in [-0.3, -0.25) is 0 Å². The molecular weight excluding hydrogens is 258 g/mol. The number of methoxy groups -OCH3 is 2. The molecule has 1 aromatic rings. The summed E-state index contributed by atoms with van der Waals surface area (Å²) in [5.41, 5.74) is 0. The van der Waals surface area contributed by atoms with Crippen LogP contribution in [0, 0.1) is 0 Å². The number of nitrogens with one attached hydrogen (secondary N) is 1. The lowest BCUT2D eigenvalue weighted by molar-refractivity contribution is 0.0116. The first-order valence-corrected chi connectivity index (χ1v) is 6.93. The van der Waals surface area contributed by atoms with Crippen LogP contribution in [0.4, 0.5) is 0 Å². The van der Waals surface area contributed by atoms with Gasteiger partial charge >= 0.3 is 0 Å². The SMILES string of the molecule is COc1ccccc1OCC(O)CNC1CC(OC)C1. The maximum absolute atomic E-state index is 9.91. The number of aliphatic hydroxyl groups is 1. The van der Waals surface area contributed by atoms with Crippen molar-refractivity contribution in [3.8, 4) is 11.5 Å². The van der Waals surface area contributed by atoms with E-state index in [1.807, 2.05) is 24.3 Å². The normalized spacial score (nSPS) is 22.9. The molecule has 5 nitrogen and oxygen atoms in total. The Morgan fingerprint density at radius 1 is 1.25 bits per heavy atom. The largest absolute Gasteiger partial charge is 0.493 e. The van der Waals surface area contributed by atoms with Gasteiger partial charge in [0.1, 0.15) is 12.7 Å². The standard InChI is InChI=1S/C15H23NO4/c1-18-13-7-11(8-13)16-9-12(17)10-20-15-6-4-3-5-14(15)19-2/h3-6,11-13,16-17H,7-10H2,1-2H3. The van der Waals surface area contributed by atoms with E-state index in [0.717, 1.165) is 12.8 Å². The van der Waals surface area contributed by atoms with Crippen LogP contribution in [0.1, 0.15) is 12.8 Å². The van der Waals surface area contributed by atoms with Crippen molar-refractivity contribution in [1.82, 2.24) is 5.32 Å². The number of para-hydroxylation sites is 2. The lowest BCUT2D eigenvalue weighted by atomic mass is 9.89. The summed E-state index contributed by atoms with van der Waals surface area (Å²) >= 11 is 0. The fourth-order valence-electron chi connectivity index (χ4n) is 2.21. The lowest BCUT2D eigenvalue weighted by Crippen LogP contribution is -2.48. The molecule has 0 heterocycles. The number of hydrogen-bond acceptors (Lipinski definition) is 5. The molecule has 0 amide bonds. The van der Waals surface area contributed by atoms with Crippen LogP contribution < -0.4 is 14.8 Å². The molecule has 1 atom stereocenters. The molecule has 0 bridgehead atoms. The highest BCUT2D eigenvalue weighted by molar-refractivity contribution is 5.39. The third-order valence-corrected chi connectivity index (χ3v) is 3.57. The summed E-state index contributed by atoms with van der Waals surface area (Å²) in [6.45, 7) is 0.768. The zero-order valence-electron chi connectivity index (χ0n) is 12.0. The molecule has 1 aliphatic rings. The Bertz CT molecular complexity index is 407. The molecule has 0 aliphatic heterocycles. The number of aliphatic hydroxyl groups excluding tert-OH is 1. The summed E-state index contributed by atoms with van der Waals surface area (Å²) in [6.07, 6.45) is 1.85. The van der Waals surface area contributed by atoms with Crippen LogP contribution in [0.25, 0.3) is 0 Å². The van der Waals surface area contributed by atoms with Gasteiger partial charge in [0.25, 0.3) is 0 Å². The van der Waals surface area contributed by atoms with Crippen molar-refractivity contribution in [3.63, 3.8) is 0 Å². The Morgan fingerprint density at radius 3 is 2.60 bits per heavy atom. The van der Waals surface area contributed by atoms with Crippen LogP contribution in [0.15, 0.2) is 24.3 Å². The van der Waals surface area contributed by atoms with E-state index in [9.17, 15) is 5.11 Å². The molecule has 1 aliphatic carbocycles. The first-order valence-electron chi connectivity index (χ1n) is 6.93. The highest BCUT2D eigenvalue weighted by Gasteiger charge is 2.28. The van der Waals surface area contributed by atoms with Crippen molar-refractivity contribution in [3.05, 3.63) is 24.3 Å². The van der Waals surface area contributed by atoms with Gasteiger partial charge in [0.2, 0.25) is 0 Å². The second-order valence-electron chi connectivity index (χ2n) is 5.05. The third-order valence-electron chi connectivity index (χ3n) is 3.57. The minimum absolute atomic E-state index is 0.244. The summed E-state index contributed by atoms with van der Waals surface area (Å²) in [5.74, 6) is 1.33. The van der Waals surface area contributed by atoms with E-state index in [2.05, 4.69) is 5.32 Å². The number of hydrogen-bond donors (Lipinski definition) is 2. The molecule has 1 saturated carbocycles. The van der Waals surface area contributed by atoms with Gasteiger partial charge in [-0.05, 0) is 25.0 Å². The maximum atomic E-state index is 9.91. The fraction of sp³-hybridized carbons (Fsp3) is 0.600. The zero-order valence-corrected chi connectivity index (χ0v) is 12.0. The molecular formula is C15H23NO4. The molecule has 0 radical (unpaired) electrons. The van der Waals surface area contributed by atoms with Gasteiger partial charge in [-0.1, -0.05) is 12.1 Å². The Morgan fingerprint density at radius 2 is 1.95 bits per heavy atom. The van der Waals surface area contributed by atoms with Gasteiger partial charge in [-0.15, -0.1) is 0 Å².